The van der Waals surface area contributed by atoms with Gasteiger partial charge in [-0.2, -0.15) is 5.10 Å². The van der Waals surface area contributed by atoms with Crippen LogP contribution >= 0.6 is 0 Å². The van der Waals surface area contributed by atoms with Gasteiger partial charge in [0.2, 0.25) is 0 Å². The van der Waals surface area contributed by atoms with Crippen LogP contribution in [0.15, 0.2) is 4.79 Å². The second-order valence-corrected chi connectivity index (χ2v) is 7.01. The van der Waals surface area contributed by atoms with Crippen LogP contribution in [0.5, 0.6) is 0 Å². The van der Waals surface area contributed by atoms with Crippen LogP contribution in [0.4, 0.5) is 4.79 Å². The van der Waals surface area contributed by atoms with Gasteiger partial charge >= 0.3 is 11.8 Å². The summed E-state index contributed by atoms with van der Waals surface area (Å²) in [6, 6.07) is 0.0652. The number of ether oxygens (including phenoxy) is 1. The predicted molar refractivity (Wildman–Crippen MR) is 82.6 cm³/mol. The third kappa shape index (κ3) is 4.35. The number of hydrogen-bond acceptors (Lipinski definition) is 4. The fourth-order valence-corrected chi connectivity index (χ4v) is 2.90. The summed E-state index contributed by atoms with van der Waals surface area (Å²) >= 11 is 0. The first kappa shape index (κ1) is 16.6. The fraction of sp³-hybridized carbons (Fsp3) is 0.800. The molecule has 7 heteroatoms. The highest BCUT2D eigenvalue weighted by Crippen LogP contribution is 2.27. The molecule has 2 N–H and O–H groups in total. The van der Waals surface area contributed by atoms with E-state index >= 15 is 0 Å². The highest BCUT2D eigenvalue weighted by atomic mass is 16.6. The molecule has 1 saturated carbocycles. The van der Waals surface area contributed by atoms with Gasteiger partial charge in [-0.3, -0.25) is 4.57 Å². The summed E-state index contributed by atoms with van der Waals surface area (Å²) in [6.07, 6.45) is 4.48. The van der Waals surface area contributed by atoms with Gasteiger partial charge in [0.1, 0.15) is 11.4 Å². The minimum absolute atomic E-state index is 0.0652. The summed E-state index contributed by atoms with van der Waals surface area (Å²) in [4.78, 5) is 23.4. The van der Waals surface area contributed by atoms with Crippen molar-refractivity contribution in [3.8, 4) is 0 Å². The zero-order valence-corrected chi connectivity index (χ0v) is 13.8. The minimum atomic E-state index is -0.500. The molecule has 0 radical (unpaired) electrons. The van der Waals surface area contributed by atoms with E-state index in [9.17, 15) is 9.59 Å². The molecule has 1 aromatic rings. The SMILES string of the molecule is Cn1c(C[C@@H]2CCCC[C@@H]2NC(=O)OC(C)(C)C)n[nH]c1=O. The second kappa shape index (κ2) is 6.54. The molecule has 22 heavy (non-hydrogen) atoms. The molecule has 1 aliphatic rings. The Morgan fingerprint density at radius 3 is 2.68 bits per heavy atom. The molecule has 2 atom stereocenters. The van der Waals surface area contributed by atoms with Crippen LogP contribution < -0.4 is 11.0 Å². The zero-order chi connectivity index (χ0) is 16.3. The number of amides is 1. The maximum absolute atomic E-state index is 12.0. The maximum Gasteiger partial charge on any atom is 0.407 e. The topological polar surface area (TPSA) is 89.0 Å². The Balaban J connectivity index is 2.00. The van der Waals surface area contributed by atoms with Crippen LogP contribution in [0.2, 0.25) is 0 Å². The van der Waals surface area contributed by atoms with Crippen molar-refractivity contribution in [2.75, 3.05) is 0 Å². The first-order valence-corrected chi connectivity index (χ1v) is 7.86. The summed E-state index contributed by atoms with van der Waals surface area (Å²) < 4.78 is 6.87. The smallest absolute Gasteiger partial charge is 0.407 e. The molecule has 1 fully saturated rings. The third-order valence-electron chi connectivity index (χ3n) is 4.03. The average Bonchev–Trinajstić information content (AvgIpc) is 2.71. The van der Waals surface area contributed by atoms with Crippen LogP contribution in [-0.4, -0.2) is 32.5 Å². The number of hydrogen-bond donors (Lipinski definition) is 2. The Bertz CT molecular complexity index is 570. The number of H-pyrrole nitrogens is 1. The monoisotopic (exact) mass is 310 g/mol. The van der Waals surface area contributed by atoms with Gasteiger partial charge in [-0.15, -0.1) is 0 Å². The van der Waals surface area contributed by atoms with Crippen LogP contribution in [-0.2, 0) is 18.2 Å². The Labute approximate surface area is 130 Å². The molecule has 1 amide bonds. The Morgan fingerprint density at radius 2 is 2.09 bits per heavy atom. The quantitative estimate of drug-likeness (QED) is 0.890. The molecule has 0 aliphatic heterocycles. The lowest BCUT2D eigenvalue weighted by molar-refractivity contribution is 0.0468. The van der Waals surface area contributed by atoms with E-state index in [-0.39, 0.29) is 23.7 Å². The lowest BCUT2D eigenvalue weighted by Gasteiger charge is -2.32. The first-order chi connectivity index (χ1) is 10.3. The van der Waals surface area contributed by atoms with E-state index in [1.54, 1.807) is 7.05 Å². The van der Waals surface area contributed by atoms with E-state index in [0.717, 1.165) is 31.5 Å². The molecule has 7 nitrogen and oxygen atoms in total. The molecule has 2 rings (SSSR count). The summed E-state index contributed by atoms with van der Waals surface area (Å²) in [6.45, 7) is 5.55. The van der Waals surface area contributed by atoms with Gasteiger partial charge in [0.15, 0.2) is 0 Å². The molecule has 0 spiro atoms. The number of carbonyl (C=O) groups is 1. The third-order valence-corrected chi connectivity index (χ3v) is 4.03. The van der Waals surface area contributed by atoms with Crippen LogP contribution in [0.25, 0.3) is 0 Å². The molecular weight excluding hydrogens is 284 g/mol. The number of carbonyl (C=O) groups excluding carboxylic acids is 1. The number of aromatic nitrogens is 3. The predicted octanol–water partition coefficient (Wildman–Crippen LogP) is 1.73. The number of nitrogens with one attached hydrogen (secondary N) is 2. The van der Waals surface area contributed by atoms with Crippen molar-refractivity contribution in [1.29, 1.82) is 0 Å². The standard InChI is InChI=1S/C15H26N4O3/c1-15(2,3)22-14(21)16-11-8-6-5-7-10(11)9-12-17-18-13(20)19(12)4/h10-11H,5-9H2,1-4H3,(H,16,21)(H,18,20)/t10-,11-/m0/s1. The highest BCUT2D eigenvalue weighted by Gasteiger charge is 2.29. The summed E-state index contributed by atoms with van der Waals surface area (Å²) in [7, 11) is 1.71. The summed E-state index contributed by atoms with van der Waals surface area (Å²) in [5, 5.41) is 9.51. The number of nitrogens with zero attached hydrogens (tertiary/aromatic N) is 2. The fourth-order valence-electron chi connectivity index (χ4n) is 2.90. The number of alkyl carbamates (subject to hydrolysis) is 1. The van der Waals surface area contributed by atoms with Gasteiger partial charge in [0, 0.05) is 19.5 Å². The van der Waals surface area contributed by atoms with Crippen molar-refractivity contribution < 1.29 is 9.53 Å². The molecule has 0 unspecified atom stereocenters. The van der Waals surface area contributed by atoms with E-state index in [1.165, 1.54) is 4.57 Å². The van der Waals surface area contributed by atoms with Crippen molar-refractivity contribution in [2.24, 2.45) is 13.0 Å². The van der Waals surface area contributed by atoms with Gasteiger partial charge in [0.25, 0.3) is 0 Å². The summed E-state index contributed by atoms with van der Waals surface area (Å²) in [5.74, 6) is 1.00. The molecular formula is C15H26N4O3. The molecule has 124 valence electrons. The van der Waals surface area contributed by atoms with Crippen LogP contribution in [0, 0.1) is 5.92 Å². The van der Waals surface area contributed by atoms with Gasteiger partial charge in [-0.05, 0) is 39.5 Å². The van der Waals surface area contributed by atoms with Crippen molar-refractivity contribution in [3.63, 3.8) is 0 Å². The van der Waals surface area contributed by atoms with Crippen molar-refractivity contribution in [1.82, 2.24) is 20.1 Å². The zero-order valence-electron chi connectivity index (χ0n) is 13.8. The van der Waals surface area contributed by atoms with E-state index in [0.29, 0.717) is 6.42 Å². The van der Waals surface area contributed by atoms with Crippen LogP contribution in [0.1, 0.15) is 52.3 Å². The van der Waals surface area contributed by atoms with E-state index in [4.69, 9.17) is 4.74 Å². The average molecular weight is 310 g/mol. The van der Waals surface area contributed by atoms with Crippen molar-refractivity contribution >= 4 is 6.09 Å². The highest BCUT2D eigenvalue weighted by molar-refractivity contribution is 5.68. The van der Waals surface area contributed by atoms with Crippen LogP contribution in [0.3, 0.4) is 0 Å². The van der Waals surface area contributed by atoms with Gasteiger partial charge in [-0.1, -0.05) is 12.8 Å². The molecule has 1 aliphatic carbocycles. The van der Waals surface area contributed by atoms with Gasteiger partial charge < -0.3 is 10.1 Å². The van der Waals surface area contributed by atoms with Gasteiger partial charge in [0.05, 0.1) is 0 Å². The van der Waals surface area contributed by atoms with E-state index in [1.807, 2.05) is 20.8 Å². The Morgan fingerprint density at radius 1 is 1.41 bits per heavy atom. The molecule has 0 saturated heterocycles. The van der Waals surface area contributed by atoms with Crippen molar-refractivity contribution in [2.45, 2.75) is 64.5 Å². The number of aromatic amines is 1. The second-order valence-electron chi connectivity index (χ2n) is 7.01. The minimum Gasteiger partial charge on any atom is -0.444 e. The number of rotatable bonds is 3. The lowest BCUT2D eigenvalue weighted by Crippen LogP contribution is -2.45. The largest absolute Gasteiger partial charge is 0.444 e. The molecule has 0 bridgehead atoms. The Hall–Kier alpha value is -1.79. The summed E-state index contributed by atoms with van der Waals surface area (Å²) in [5.41, 5.74) is -0.706. The van der Waals surface area contributed by atoms with E-state index < -0.39 is 5.60 Å². The van der Waals surface area contributed by atoms with Crippen molar-refractivity contribution in [3.05, 3.63) is 16.3 Å². The van der Waals surface area contributed by atoms with E-state index in [2.05, 4.69) is 15.5 Å². The molecule has 1 heterocycles. The maximum atomic E-state index is 12.0. The Kier molecular flexibility index (Phi) is 4.93. The molecule has 0 aromatic carbocycles. The lowest BCUT2D eigenvalue weighted by atomic mass is 9.82. The molecule has 1 aromatic heterocycles. The first-order valence-electron chi connectivity index (χ1n) is 7.86. The normalized spacial score (nSPS) is 22.4. The van der Waals surface area contributed by atoms with Gasteiger partial charge in [-0.25, -0.2) is 14.7 Å².